The van der Waals surface area contributed by atoms with Crippen molar-refractivity contribution in [2.75, 3.05) is 27.2 Å². The van der Waals surface area contributed by atoms with Gasteiger partial charge in [0.15, 0.2) is 0 Å². The molecule has 188 valence electrons. The first-order valence-electron chi connectivity index (χ1n) is 11.4. The number of nitrogens with one attached hydrogen (secondary N) is 1. The molecule has 3 heterocycles. The van der Waals surface area contributed by atoms with Crippen LogP contribution in [0.15, 0.2) is 53.5 Å². The second-order valence-electron chi connectivity index (χ2n) is 8.70. The molecule has 2 N–H and O–H groups in total. The number of benzene rings is 1. The van der Waals surface area contributed by atoms with E-state index in [1.54, 1.807) is 43.6 Å². The summed E-state index contributed by atoms with van der Waals surface area (Å²) in [4.78, 5) is 50.4. The van der Waals surface area contributed by atoms with Crippen LogP contribution in [-0.2, 0) is 24.3 Å². The van der Waals surface area contributed by atoms with Gasteiger partial charge in [-0.15, -0.1) is 0 Å². The van der Waals surface area contributed by atoms with E-state index < -0.39 is 23.3 Å². The highest BCUT2D eigenvalue weighted by atomic mass is 19.1. The zero-order valence-electron chi connectivity index (χ0n) is 20.0. The average Bonchev–Trinajstić information content (AvgIpc) is 2.88. The van der Waals surface area contributed by atoms with E-state index in [0.29, 0.717) is 30.2 Å². The van der Waals surface area contributed by atoms with Gasteiger partial charge in [-0.3, -0.25) is 28.8 Å². The van der Waals surface area contributed by atoms with Gasteiger partial charge in [0.25, 0.3) is 11.5 Å². The van der Waals surface area contributed by atoms with E-state index in [-0.39, 0.29) is 36.9 Å². The maximum Gasteiger partial charge on any atom is 0.296 e. The molecule has 1 aliphatic rings. The predicted octanol–water partition coefficient (Wildman–Crippen LogP) is 1.10. The van der Waals surface area contributed by atoms with Gasteiger partial charge in [-0.25, -0.2) is 9.37 Å². The van der Waals surface area contributed by atoms with E-state index in [2.05, 4.69) is 15.3 Å². The van der Waals surface area contributed by atoms with Crippen LogP contribution >= 0.6 is 0 Å². The summed E-state index contributed by atoms with van der Waals surface area (Å²) in [5, 5.41) is 13.2. The second kappa shape index (κ2) is 10.6. The Morgan fingerprint density at radius 1 is 1.19 bits per heavy atom. The molecule has 10 nitrogen and oxygen atoms in total. The largest absolute Gasteiger partial charge is 0.502 e. The maximum atomic E-state index is 13.1. The summed E-state index contributed by atoms with van der Waals surface area (Å²) in [6.45, 7) is 1.22. The summed E-state index contributed by atoms with van der Waals surface area (Å²) >= 11 is 0. The minimum Gasteiger partial charge on any atom is -0.502 e. The highest BCUT2D eigenvalue weighted by molar-refractivity contribution is 5.92. The lowest BCUT2D eigenvalue weighted by molar-refractivity contribution is -0.120. The van der Waals surface area contributed by atoms with Crippen LogP contribution in [0, 0.1) is 5.82 Å². The van der Waals surface area contributed by atoms with Gasteiger partial charge in [-0.2, -0.15) is 0 Å². The summed E-state index contributed by atoms with van der Waals surface area (Å²) in [7, 11) is 3.51. The van der Waals surface area contributed by atoms with Gasteiger partial charge < -0.3 is 15.3 Å². The minimum absolute atomic E-state index is 0.0399. The Morgan fingerprint density at radius 3 is 2.64 bits per heavy atom. The van der Waals surface area contributed by atoms with E-state index in [4.69, 9.17) is 0 Å². The van der Waals surface area contributed by atoms with Gasteiger partial charge in [-0.1, -0.05) is 18.2 Å². The Balaban J connectivity index is 1.53. The predicted molar refractivity (Wildman–Crippen MR) is 129 cm³/mol. The summed E-state index contributed by atoms with van der Waals surface area (Å²) in [6.07, 6.45) is 1.23. The van der Waals surface area contributed by atoms with Gasteiger partial charge in [0, 0.05) is 39.4 Å². The number of likely N-dealkylation sites (N-methyl/N-ethyl adjacent to an activating group) is 2. The molecule has 0 bridgehead atoms. The summed E-state index contributed by atoms with van der Waals surface area (Å²) in [5.41, 5.74) is 0.336. The minimum atomic E-state index is -0.627. The van der Waals surface area contributed by atoms with E-state index >= 15 is 0 Å². The number of aromatic hydroxyl groups is 1. The average molecular weight is 495 g/mol. The highest BCUT2D eigenvalue weighted by Crippen LogP contribution is 2.25. The molecule has 1 unspecified atom stereocenters. The number of pyridine rings is 1. The monoisotopic (exact) mass is 494 g/mol. The van der Waals surface area contributed by atoms with Crippen LogP contribution in [0.1, 0.15) is 33.6 Å². The molecule has 3 aromatic rings. The van der Waals surface area contributed by atoms with Crippen LogP contribution in [0.2, 0.25) is 0 Å². The molecule has 4 rings (SSSR count). The number of carbonyl (C=O) groups excluding carboxylic acids is 2. The number of hydrogen-bond donors (Lipinski definition) is 2. The van der Waals surface area contributed by atoms with E-state index in [9.17, 15) is 23.9 Å². The van der Waals surface area contributed by atoms with Crippen LogP contribution < -0.4 is 10.9 Å². The van der Waals surface area contributed by atoms with Crippen molar-refractivity contribution >= 4 is 11.8 Å². The quantitative estimate of drug-likeness (QED) is 0.505. The first-order chi connectivity index (χ1) is 17.2. The Bertz CT molecular complexity index is 1310. The van der Waals surface area contributed by atoms with Gasteiger partial charge in [-0.05, 0) is 36.9 Å². The van der Waals surface area contributed by atoms with Crippen LogP contribution in [0.3, 0.4) is 0 Å². The molecule has 2 amide bonds. The Morgan fingerprint density at radius 2 is 1.94 bits per heavy atom. The number of fused-ring (bicyclic) bond motifs is 1. The Kier molecular flexibility index (Phi) is 7.39. The summed E-state index contributed by atoms with van der Waals surface area (Å²) in [5.74, 6) is -1.30. The lowest BCUT2D eigenvalue weighted by Crippen LogP contribution is -2.46. The molecule has 1 atom stereocenters. The zero-order chi connectivity index (χ0) is 25.8. The van der Waals surface area contributed by atoms with E-state index in [0.717, 1.165) is 0 Å². The lowest BCUT2D eigenvalue weighted by Gasteiger charge is -2.36. The number of aromatic nitrogens is 3. The van der Waals surface area contributed by atoms with Crippen molar-refractivity contribution in [3.8, 4) is 5.75 Å². The SMILES string of the molecule is CN(CC1c2nc(CC(=O)NCc3ccc(F)cc3)c(O)c(=O)n2CCN1C)C(=O)c1ccccn1. The number of hydrogen-bond acceptors (Lipinski definition) is 7. The molecule has 11 heteroatoms. The van der Waals surface area contributed by atoms with Crippen molar-refractivity contribution in [3.05, 3.63) is 87.6 Å². The third-order valence-corrected chi connectivity index (χ3v) is 6.16. The summed E-state index contributed by atoms with van der Waals surface area (Å²) < 4.78 is 14.5. The van der Waals surface area contributed by atoms with Gasteiger partial charge in [0.1, 0.15) is 17.3 Å². The van der Waals surface area contributed by atoms with Crippen molar-refractivity contribution in [3.63, 3.8) is 0 Å². The van der Waals surface area contributed by atoms with Crippen molar-refractivity contribution in [2.24, 2.45) is 0 Å². The van der Waals surface area contributed by atoms with Crippen molar-refractivity contribution < 1.29 is 19.1 Å². The molecular weight excluding hydrogens is 467 g/mol. The molecule has 0 fully saturated rings. The molecule has 1 aliphatic heterocycles. The first kappa shape index (κ1) is 25.0. The fraction of sp³-hybridized carbons (Fsp3) is 0.320. The third-order valence-electron chi connectivity index (χ3n) is 6.16. The van der Waals surface area contributed by atoms with Crippen LogP contribution in [0.4, 0.5) is 4.39 Å². The van der Waals surface area contributed by atoms with Crippen LogP contribution in [-0.4, -0.2) is 68.4 Å². The molecule has 36 heavy (non-hydrogen) atoms. The topological polar surface area (TPSA) is 121 Å². The Labute approximate surface area is 207 Å². The molecular formula is C25H27FN6O4. The van der Waals surface area contributed by atoms with Gasteiger partial charge in [0.05, 0.1) is 18.2 Å². The maximum absolute atomic E-state index is 13.1. The number of carbonyl (C=O) groups is 2. The van der Waals surface area contributed by atoms with Gasteiger partial charge in [0.2, 0.25) is 11.7 Å². The third kappa shape index (κ3) is 5.41. The molecule has 0 radical (unpaired) electrons. The standard InChI is InChI=1S/C25H27FN6O4/c1-30-11-12-32-23(20(30)15-31(2)24(35)18-5-3-4-10-27-18)29-19(22(34)25(32)36)13-21(33)28-14-16-6-8-17(26)9-7-16/h3-10,20,34H,11-15H2,1-2H3,(H,28,33). The molecule has 0 saturated heterocycles. The lowest BCUT2D eigenvalue weighted by atomic mass is 10.1. The molecule has 2 aromatic heterocycles. The number of amides is 2. The summed E-state index contributed by atoms with van der Waals surface area (Å²) in [6, 6.07) is 10.3. The second-order valence-corrected chi connectivity index (χ2v) is 8.70. The van der Waals surface area contributed by atoms with E-state index in [1.807, 2.05) is 11.9 Å². The van der Waals surface area contributed by atoms with Crippen LogP contribution in [0.5, 0.6) is 5.75 Å². The normalized spacial score (nSPS) is 15.2. The fourth-order valence-electron chi connectivity index (χ4n) is 4.08. The molecule has 0 saturated carbocycles. The molecule has 0 spiro atoms. The van der Waals surface area contributed by atoms with Crippen molar-refractivity contribution in [1.29, 1.82) is 0 Å². The number of halogens is 1. The fourth-order valence-corrected chi connectivity index (χ4v) is 4.08. The zero-order valence-corrected chi connectivity index (χ0v) is 20.0. The number of rotatable bonds is 7. The van der Waals surface area contributed by atoms with Crippen molar-refractivity contribution in [1.82, 2.24) is 29.7 Å². The first-order valence-corrected chi connectivity index (χ1v) is 11.4. The molecule has 0 aliphatic carbocycles. The Hall–Kier alpha value is -4.12. The smallest absolute Gasteiger partial charge is 0.296 e. The molecule has 1 aromatic carbocycles. The van der Waals surface area contributed by atoms with Gasteiger partial charge >= 0.3 is 0 Å². The van der Waals surface area contributed by atoms with Crippen LogP contribution in [0.25, 0.3) is 0 Å². The highest BCUT2D eigenvalue weighted by Gasteiger charge is 2.32. The van der Waals surface area contributed by atoms with Crippen molar-refractivity contribution in [2.45, 2.75) is 25.6 Å². The van der Waals surface area contributed by atoms with E-state index in [1.165, 1.54) is 21.6 Å². The number of nitrogens with zero attached hydrogens (tertiary/aromatic N) is 5.